The molecule has 0 spiro atoms. The Morgan fingerprint density at radius 3 is 1.70 bits per heavy atom. The van der Waals surface area contributed by atoms with Gasteiger partial charge in [-0.25, -0.2) is 0 Å². The largest absolute Gasteiger partial charge is 0.469 e. The molecule has 0 amide bonds. The van der Waals surface area contributed by atoms with Crippen LogP contribution in [-0.4, -0.2) is 71.8 Å². The third kappa shape index (κ3) is 19.6. The normalized spacial score (nSPS) is 10.9. The average molecular weight is 355 g/mol. The molecule has 0 aliphatic rings. The molecular weight excluding hydrogens is 324 g/mol. The lowest BCUT2D eigenvalue weighted by atomic mass is 10.2. The predicted molar refractivity (Wildman–Crippen MR) is 89.1 cm³/mol. The minimum absolute atomic E-state index is 0.267. The molecule has 0 aliphatic heterocycles. The zero-order chi connectivity index (χ0) is 17.0. The lowest BCUT2D eigenvalue weighted by molar-refractivity contribution is -0.141. The Hall–Kier alpha value is -0.400. The van der Waals surface area contributed by atoms with Gasteiger partial charge in [0.1, 0.15) is 0 Å². The van der Waals surface area contributed by atoms with Crippen LogP contribution < -0.4 is 0 Å². The fourth-order valence-corrected chi connectivity index (χ4v) is 1.86. The molecule has 0 aliphatic carbocycles. The first-order chi connectivity index (χ1) is 11.3. The number of esters is 1. The van der Waals surface area contributed by atoms with Gasteiger partial charge in [-0.3, -0.25) is 4.79 Å². The zero-order valence-corrected chi connectivity index (χ0v) is 15.0. The van der Waals surface area contributed by atoms with Crippen LogP contribution in [0.3, 0.4) is 0 Å². The van der Waals surface area contributed by atoms with E-state index in [0.29, 0.717) is 46.2 Å². The number of carbonyl (C=O) groups is 1. The maximum Gasteiger partial charge on any atom is 0.307 e. The fraction of sp³-hybridized carbons (Fsp3) is 0.938. The molecule has 0 heterocycles. The van der Waals surface area contributed by atoms with Crippen LogP contribution in [0.25, 0.3) is 0 Å². The van der Waals surface area contributed by atoms with Crippen molar-refractivity contribution in [2.45, 2.75) is 32.1 Å². The van der Waals surface area contributed by atoms with Crippen LogP contribution in [0.15, 0.2) is 0 Å². The molecule has 0 rings (SSSR count). The lowest BCUT2D eigenvalue weighted by Gasteiger charge is -2.07. The lowest BCUT2D eigenvalue weighted by Crippen LogP contribution is -2.13. The second kappa shape index (κ2) is 19.6. The van der Waals surface area contributed by atoms with E-state index in [2.05, 4.69) is 4.74 Å². The number of unbranched alkanes of at least 4 members (excludes halogenated alkanes) is 3. The summed E-state index contributed by atoms with van der Waals surface area (Å²) in [6, 6.07) is 0. The van der Waals surface area contributed by atoms with Gasteiger partial charge in [0.2, 0.25) is 0 Å². The standard InChI is InChI=1S/C16H31ClO6/c1-19-16(18)6-9-21-11-13-23-15-14-22-12-10-20-8-5-3-2-4-7-17/h2-15H2,1H3. The molecule has 6 nitrogen and oxygen atoms in total. The van der Waals surface area contributed by atoms with Crippen molar-refractivity contribution < 1.29 is 28.5 Å². The SMILES string of the molecule is COC(=O)CCOCCOCCOCCOCCCCCCCl. The van der Waals surface area contributed by atoms with Crippen molar-refractivity contribution >= 4 is 17.6 Å². The average Bonchev–Trinajstić information content (AvgIpc) is 2.57. The molecule has 0 aromatic carbocycles. The molecule has 7 heteroatoms. The minimum Gasteiger partial charge on any atom is -0.469 e. The van der Waals surface area contributed by atoms with E-state index < -0.39 is 0 Å². The maximum absolute atomic E-state index is 10.8. The number of halogens is 1. The van der Waals surface area contributed by atoms with Gasteiger partial charge in [-0.1, -0.05) is 12.8 Å². The van der Waals surface area contributed by atoms with Crippen LogP contribution in [-0.2, 0) is 28.5 Å². The maximum atomic E-state index is 10.8. The monoisotopic (exact) mass is 354 g/mol. The van der Waals surface area contributed by atoms with Gasteiger partial charge in [0, 0.05) is 12.5 Å². The zero-order valence-electron chi connectivity index (χ0n) is 14.2. The molecule has 0 N–H and O–H groups in total. The van der Waals surface area contributed by atoms with Crippen LogP contribution in [0.4, 0.5) is 0 Å². The fourth-order valence-electron chi connectivity index (χ4n) is 1.67. The summed E-state index contributed by atoms with van der Waals surface area (Å²) < 4.78 is 25.9. The summed E-state index contributed by atoms with van der Waals surface area (Å²) in [7, 11) is 1.36. The van der Waals surface area contributed by atoms with Crippen LogP contribution in [0.5, 0.6) is 0 Å². The van der Waals surface area contributed by atoms with Crippen LogP contribution in [0.1, 0.15) is 32.1 Å². The van der Waals surface area contributed by atoms with Gasteiger partial charge in [0.15, 0.2) is 0 Å². The Morgan fingerprint density at radius 2 is 1.17 bits per heavy atom. The molecule has 138 valence electrons. The van der Waals surface area contributed by atoms with Gasteiger partial charge in [-0.2, -0.15) is 0 Å². The second-order valence-corrected chi connectivity index (χ2v) is 5.26. The molecule has 0 saturated carbocycles. The number of alkyl halides is 1. The molecule has 23 heavy (non-hydrogen) atoms. The first-order valence-corrected chi connectivity index (χ1v) is 8.78. The van der Waals surface area contributed by atoms with Crippen molar-refractivity contribution in [2.24, 2.45) is 0 Å². The molecule has 0 atom stereocenters. The highest BCUT2D eigenvalue weighted by molar-refractivity contribution is 6.17. The summed E-state index contributed by atoms with van der Waals surface area (Å²) in [6.07, 6.45) is 4.78. The van der Waals surface area contributed by atoms with Crippen molar-refractivity contribution in [3.05, 3.63) is 0 Å². The Bertz CT molecular complexity index is 253. The molecule has 0 saturated heterocycles. The number of ether oxygens (including phenoxy) is 5. The number of carbonyl (C=O) groups excluding carboxylic acids is 1. The van der Waals surface area contributed by atoms with E-state index in [1.54, 1.807) is 0 Å². The van der Waals surface area contributed by atoms with E-state index >= 15 is 0 Å². The Morgan fingerprint density at radius 1 is 0.696 bits per heavy atom. The van der Waals surface area contributed by atoms with Gasteiger partial charge in [0.05, 0.1) is 59.8 Å². The summed E-state index contributed by atoms with van der Waals surface area (Å²) in [6.45, 7) is 4.36. The summed E-state index contributed by atoms with van der Waals surface area (Å²) in [4.78, 5) is 10.8. The molecular formula is C16H31ClO6. The smallest absolute Gasteiger partial charge is 0.307 e. The van der Waals surface area contributed by atoms with Crippen molar-refractivity contribution in [3.8, 4) is 0 Å². The Balaban J connectivity index is 2.99. The molecule has 0 aromatic heterocycles. The molecule has 0 unspecified atom stereocenters. The Kier molecular flexibility index (Phi) is 19.3. The van der Waals surface area contributed by atoms with E-state index in [1.807, 2.05) is 0 Å². The van der Waals surface area contributed by atoms with Crippen LogP contribution in [0, 0.1) is 0 Å². The molecule has 0 aromatic rings. The van der Waals surface area contributed by atoms with E-state index in [1.165, 1.54) is 20.0 Å². The summed E-state index contributed by atoms with van der Waals surface area (Å²) in [5, 5.41) is 0. The number of methoxy groups -OCH3 is 1. The predicted octanol–water partition coefficient (Wildman–Crippen LogP) is 2.42. The van der Waals surface area contributed by atoms with Crippen molar-refractivity contribution in [3.63, 3.8) is 0 Å². The van der Waals surface area contributed by atoms with Gasteiger partial charge >= 0.3 is 5.97 Å². The van der Waals surface area contributed by atoms with Crippen molar-refractivity contribution in [2.75, 3.05) is 65.8 Å². The van der Waals surface area contributed by atoms with Crippen molar-refractivity contribution in [1.82, 2.24) is 0 Å². The molecule has 0 radical (unpaired) electrons. The van der Waals surface area contributed by atoms with E-state index in [4.69, 9.17) is 30.5 Å². The summed E-state index contributed by atoms with van der Waals surface area (Å²) >= 11 is 5.60. The Labute approximate surface area is 144 Å². The highest BCUT2D eigenvalue weighted by Gasteiger charge is 1.99. The first-order valence-electron chi connectivity index (χ1n) is 8.25. The highest BCUT2D eigenvalue weighted by atomic mass is 35.5. The van der Waals surface area contributed by atoms with Gasteiger partial charge in [-0.05, 0) is 12.8 Å². The van der Waals surface area contributed by atoms with Gasteiger partial charge in [0.25, 0.3) is 0 Å². The summed E-state index contributed by atoms with van der Waals surface area (Å²) in [5.74, 6) is 0.480. The number of hydrogen-bond acceptors (Lipinski definition) is 6. The number of rotatable bonds is 18. The third-order valence-corrected chi connectivity index (χ3v) is 3.23. The first kappa shape index (κ1) is 22.6. The van der Waals surface area contributed by atoms with Gasteiger partial charge < -0.3 is 23.7 Å². The summed E-state index contributed by atoms with van der Waals surface area (Å²) in [5.41, 5.74) is 0. The van der Waals surface area contributed by atoms with Crippen LogP contribution >= 0.6 is 11.6 Å². The van der Waals surface area contributed by atoms with E-state index in [-0.39, 0.29) is 12.4 Å². The number of hydrogen-bond donors (Lipinski definition) is 0. The van der Waals surface area contributed by atoms with E-state index in [9.17, 15) is 4.79 Å². The highest BCUT2D eigenvalue weighted by Crippen LogP contribution is 2.01. The molecule has 0 fully saturated rings. The van der Waals surface area contributed by atoms with Crippen molar-refractivity contribution in [1.29, 1.82) is 0 Å². The van der Waals surface area contributed by atoms with Crippen LogP contribution in [0.2, 0.25) is 0 Å². The quantitative estimate of drug-likeness (QED) is 0.214. The molecule has 0 bridgehead atoms. The third-order valence-electron chi connectivity index (χ3n) is 2.97. The second-order valence-electron chi connectivity index (χ2n) is 4.88. The van der Waals surface area contributed by atoms with E-state index in [0.717, 1.165) is 25.3 Å². The van der Waals surface area contributed by atoms with Gasteiger partial charge in [-0.15, -0.1) is 11.6 Å². The topological polar surface area (TPSA) is 63.2 Å². The minimum atomic E-state index is -0.267.